The number of benzene rings is 1. The number of aliphatic hydroxyl groups is 1. The van der Waals surface area contributed by atoms with Crippen LogP contribution in [0, 0.1) is 23.7 Å². The van der Waals surface area contributed by atoms with E-state index < -0.39 is 120 Å². The largest absolute Gasteiger partial charge is 0.497 e. The number of urea groups is 1. The van der Waals surface area contributed by atoms with E-state index in [0.717, 1.165) is 4.90 Å². The highest BCUT2D eigenvalue weighted by Crippen LogP contribution is 2.31. The average molecular weight is 970 g/mol. The Morgan fingerprint density at radius 2 is 1.55 bits per heavy atom. The lowest BCUT2D eigenvalue weighted by molar-refractivity contribution is -0.166. The number of ether oxygens (including phenoxy) is 2. The van der Waals surface area contributed by atoms with E-state index in [-0.39, 0.29) is 69.9 Å². The topological polar surface area (TPSA) is 288 Å². The number of primary amides is 1. The summed E-state index contributed by atoms with van der Waals surface area (Å²) in [6.45, 7) is 13.7. The third kappa shape index (κ3) is 14.5. The zero-order chi connectivity index (χ0) is 51.4. The van der Waals surface area contributed by atoms with Crippen LogP contribution in [0.1, 0.15) is 106 Å². The minimum absolute atomic E-state index is 0.00244. The smallest absolute Gasteiger partial charge is 0.329 e. The maximum atomic E-state index is 14.9. The number of likely N-dealkylation sites (tertiary alicyclic amines) is 1. The van der Waals surface area contributed by atoms with Gasteiger partial charge in [0.1, 0.15) is 60.4 Å². The van der Waals surface area contributed by atoms with Crippen LogP contribution < -0.4 is 37.1 Å². The van der Waals surface area contributed by atoms with Crippen molar-refractivity contribution in [1.82, 2.24) is 41.3 Å². The van der Waals surface area contributed by atoms with Gasteiger partial charge in [0.25, 0.3) is 0 Å². The van der Waals surface area contributed by atoms with Crippen LogP contribution in [0.25, 0.3) is 0 Å². The van der Waals surface area contributed by atoms with E-state index in [1.54, 1.807) is 38.1 Å². The van der Waals surface area contributed by atoms with E-state index in [4.69, 9.17) is 15.2 Å². The van der Waals surface area contributed by atoms with Crippen LogP contribution in [0.5, 0.6) is 5.75 Å². The van der Waals surface area contributed by atoms with Crippen molar-refractivity contribution in [2.45, 2.75) is 161 Å². The van der Waals surface area contributed by atoms with Crippen LogP contribution in [0.15, 0.2) is 24.3 Å². The summed E-state index contributed by atoms with van der Waals surface area (Å²) < 4.78 is 11.6. The fraction of sp³-hybridized carbons (Fsp3) is 0.688. The first kappa shape index (κ1) is 55.6. The van der Waals surface area contributed by atoms with Gasteiger partial charge in [0.15, 0.2) is 0 Å². The summed E-state index contributed by atoms with van der Waals surface area (Å²) in [6.07, 6.45) is -2.06. The number of hydrogen-bond donors (Lipinski definition) is 7. The second kappa shape index (κ2) is 25.0. The van der Waals surface area contributed by atoms with E-state index in [9.17, 15) is 48.3 Å². The van der Waals surface area contributed by atoms with Crippen LogP contribution in [0.2, 0.25) is 0 Å². The molecule has 0 radical (unpaired) electrons. The lowest BCUT2D eigenvalue weighted by Gasteiger charge is -2.43. The van der Waals surface area contributed by atoms with Gasteiger partial charge in [-0.25, -0.2) is 9.59 Å². The molecule has 0 saturated carbocycles. The van der Waals surface area contributed by atoms with Crippen molar-refractivity contribution in [1.29, 1.82) is 0 Å². The number of nitrogens with zero attached hydrogens (tertiary/aromatic N) is 3. The van der Waals surface area contributed by atoms with Gasteiger partial charge in [-0.05, 0) is 74.0 Å². The van der Waals surface area contributed by atoms with E-state index in [2.05, 4.69) is 26.6 Å². The minimum atomic E-state index is -1.56. The van der Waals surface area contributed by atoms with E-state index in [1.165, 1.54) is 30.9 Å². The molecule has 0 aromatic heterocycles. The number of methoxy groups -OCH3 is 1. The number of nitrogens with two attached hydrogens (primary N) is 1. The number of aliphatic hydroxyl groups excluding tert-OH is 1. The van der Waals surface area contributed by atoms with Crippen molar-refractivity contribution >= 4 is 53.4 Å². The molecule has 4 rings (SSSR count). The Morgan fingerprint density at radius 1 is 0.899 bits per heavy atom. The Balaban J connectivity index is 1.90. The van der Waals surface area contributed by atoms with Crippen LogP contribution in [-0.2, 0) is 49.5 Å². The molecule has 21 heteroatoms. The quantitative estimate of drug-likeness (QED) is 0.0945. The molecule has 3 aliphatic rings. The number of hydrogen-bond acceptors (Lipinski definition) is 12. The molecule has 11 unspecified atom stereocenters. The van der Waals surface area contributed by atoms with Gasteiger partial charge in [-0.15, -0.1) is 0 Å². The predicted octanol–water partition coefficient (Wildman–Crippen LogP) is 0.692. The van der Waals surface area contributed by atoms with Gasteiger partial charge in [0.2, 0.25) is 41.4 Å². The molecule has 0 spiro atoms. The fourth-order valence-corrected chi connectivity index (χ4v) is 9.25. The van der Waals surface area contributed by atoms with Gasteiger partial charge >= 0.3 is 12.0 Å². The van der Waals surface area contributed by atoms with Crippen LogP contribution >= 0.6 is 0 Å². The number of carbonyl (C=O) groups is 9. The molecular weight excluding hydrogens is 895 g/mol. The number of piperidine rings is 1. The molecule has 1 aromatic carbocycles. The number of esters is 1. The molecule has 0 aliphatic carbocycles. The number of carbonyl (C=O) groups excluding carboxylic acids is 9. The number of likely N-dealkylation sites (N-methyl/N-ethyl adjacent to an activating group) is 1. The first-order chi connectivity index (χ1) is 32.5. The molecule has 69 heavy (non-hydrogen) atoms. The highest BCUT2D eigenvalue weighted by molar-refractivity contribution is 5.98. The Kier molecular flexibility index (Phi) is 20.2. The Labute approximate surface area is 405 Å². The molecule has 9 amide bonds. The van der Waals surface area contributed by atoms with Crippen LogP contribution in [0.4, 0.5) is 4.79 Å². The molecule has 3 aliphatic heterocycles. The molecule has 384 valence electrons. The van der Waals surface area contributed by atoms with Gasteiger partial charge in [-0.1, -0.05) is 67.0 Å². The highest BCUT2D eigenvalue weighted by Gasteiger charge is 2.52. The molecule has 2 bridgehead atoms. The van der Waals surface area contributed by atoms with Crippen molar-refractivity contribution in [3.8, 4) is 5.75 Å². The zero-order valence-electron chi connectivity index (χ0n) is 41.7. The van der Waals surface area contributed by atoms with Gasteiger partial charge in [-0.3, -0.25) is 33.6 Å². The van der Waals surface area contributed by atoms with Gasteiger partial charge < -0.3 is 61.6 Å². The second-order valence-electron chi connectivity index (χ2n) is 19.6. The molecule has 21 nitrogen and oxygen atoms in total. The summed E-state index contributed by atoms with van der Waals surface area (Å²) >= 11 is 0. The average Bonchev–Trinajstić information content (AvgIpc) is 3.61. The fourth-order valence-electron chi connectivity index (χ4n) is 9.25. The highest BCUT2D eigenvalue weighted by atomic mass is 16.5. The Bertz CT molecular complexity index is 2020. The summed E-state index contributed by atoms with van der Waals surface area (Å²) in [4.78, 5) is 130. The second-order valence-corrected chi connectivity index (χ2v) is 19.6. The van der Waals surface area contributed by atoms with E-state index >= 15 is 0 Å². The third-order valence-corrected chi connectivity index (χ3v) is 13.2. The number of rotatable bonds is 15. The molecule has 11 atom stereocenters. The summed E-state index contributed by atoms with van der Waals surface area (Å²) in [5.41, 5.74) is 5.85. The van der Waals surface area contributed by atoms with E-state index in [0.29, 0.717) is 17.7 Å². The van der Waals surface area contributed by atoms with E-state index in [1.807, 2.05) is 34.6 Å². The molecule has 3 fully saturated rings. The number of nitrogens with one attached hydrogen (secondary N) is 5. The maximum absolute atomic E-state index is 14.9. The van der Waals surface area contributed by atoms with Gasteiger partial charge in [-0.2, -0.15) is 0 Å². The van der Waals surface area contributed by atoms with Crippen LogP contribution in [-0.4, -0.2) is 155 Å². The molecule has 3 heterocycles. The molecule has 1 aromatic rings. The lowest BCUT2D eigenvalue weighted by Crippen LogP contribution is -2.65. The molecular formula is C48H75N9O12. The predicted molar refractivity (Wildman–Crippen MR) is 252 cm³/mol. The monoisotopic (exact) mass is 970 g/mol. The minimum Gasteiger partial charge on any atom is -0.497 e. The third-order valence-electron chi connectivity index (χ3n) is 13.2. The van der Waals surface area contributed by atoms with Crippen molar-refractivity contribution in [2.75, 3.05) is 27.2 Å². The molecule has 3 saturated heterocycles. The number of amides is 9. The summed E-state index contributed by atoms with van der Waals surface area (Å²) in [5, 5.41) is 25.0. The van der Waals surface area contributed by atoms with Crippen molar-refractivity contribution in [3.05, 3.63) is 29.8 Å². The maximum Gasteiger partial charge on any atom is 0.329 e. The summed E-state index contributed by atoms with van der Waals surface area (Å²) in [5.74, 6) is -6.97. The summed E-state index contributed by atoms with van der Waals surface area (Å²) in [6, 6.07) is -3.07. The first-order valence-corrected chi connectivity index (χ1v) is 24.1. The summed E-state index contributed by atoms with van der Waals surface area (Å²) in [7, 11) is 2.94. The molecule has 8 N–H and O–H groups in total. The first-order valence-electron chi connectivity index (χ1n) is 24.1. The van der Waals surface area contributed by atoms with Gasteiger partial charge in [0.05, 0.1) is 7.11 Å². The van der Waals surface area contributed by atoms with Crippen molar-refractivity contribution in [3.63, 3.8) is 0 Å². The van der Waals surface area contributed by atoms with Gasteiger partial charge in [0, 0.05) is 39.4 Å². The Morgan fingerprint density at radius 3 is 2.13 bits per heavy atom. The zero-order valence-corrected chi connectivity index (χ0v) is 41.7. The van der Waals surface area contributed by atoms with Crippen LogP contribution in [0.3, 0.4) is 0 Å². The van der Waals surface area contributed by atoms with Crippen molar-refractivity contribution in [2.24, 2.45) is 29.4 Å². The Hall–Kier alpha value is -5.99. The standard InChI is InChI=1S/C48H75N9O12/c1-11-27(6)38-47(66)69-40-28(7)24-56(44(63)32(51-29(8)58)13-12-20-50-48(49)67)39(40)43(62)53-34(21-25(2)3)41(60)52-33-18-19-37(59)57(45(33)64)36(22-26(4)5)46(65)55(9)35(42(61)54-38)23-30-14-16-31(68-10)17-15-30/h14-17,25-28,32-40,59H,11-13,18-24H2,1-10H3,(H,51,58)(H,52,60)(H,53,62)(H,54,61)(H3,49,50,67). The lowest BCUT2D eigenvalue weighted by atomic mass is 9.94. The van der Waals surface area contributed by atoms with Crippen molar-refractivity contribution < 1.29 is 57.7 Å². The SMILES string of the molecule is CCC(C)C1NC(=O)C(Cc2ccc(OC)cc2)N(C)C(=O)C(CC(C)C)N2C(=O)C(CCC2O)NC(=O)C(CC(C)C)NC(=O)C2C(OC1=O)C(C)CN2C(=O)C(CCCNC(N)=O)NC(C)=O. The normalized spacial score (nSPS) is 27.2. The number of fused-ring (bicyclic) bond motifs is 3.